The lowest BCUT2D eigenvalue weighted by Crippen LogP contribution is -2.50. The minimum atomic E-state index is -0.993. The molecule has 3 aliphatic heterocycles. The number of aliphatic hydroxyl groups excluding tert-OH is 1. The van der Waals surface area contributed by atoms with Crippen LogP contribution < -0.4 is 5.32 Å². The summed E-state index contributed by atoms with van der Waals surface area (Å²) in [4.78, 5) is 25.4. The van der Waals surface area contributed by atoms with Gasteiger partial charge in [0.1, 0.15) is 0 Å². The third-order valence-corrected chi connectivity index (χ3v) is 9.55. The zero-order chi connectivity index (χ0) is 32.8. The maximum absolute atomic E-state index is 12.2. The Kier molecular flexibility index (Phi) is 10.7. The van der Waals surface area contributed by atoms with Crippen LogP contribution in [0.2, 0.25) is 0 Å². The number of carboxylic acids is 1. The average Bonchev–Trinajstić information content (AvgIpc) is 3.56. The van der Waals surface area contributed by atoms with Gasteiger partial charge in [-0.15, -0.1) is 0 Å². The lowest BCUT2D eigenvalue weighted by molar-refractivity contribution is -0.278. The molecule has 47 heavy (non-hydrogen) atoms. The number of rotatable bonds is 11. The second-order valence-electron chi connectivity index (χ2n) is 12.7. The summed E-state index contributed by atoms with van der Waals surface area (Å²) in [5.41, 5.74) is 5.72. The smallest absolute Gasteiger partial charge is 0.303 e. The van der Waals surface area contributed by atoms with Crippen LogP contribution in [-0.2, 0) is 41.7 Å². The molecule has 3 aromatic rings. The molecule has 1 spiro atoms. The predicted octanol–water partition coefficient (Wildman–Crippen LogP) is 4.96. The van der Waals surface area contributed by atoms with E-state index in [4.69, 9.17) is 24.1 Å². The first-order chi connectivity index (χ1) is 22.8. The molecule has 3 fully saturated rings. The summed E-state index contributed by atoms with van der Waals surface area (Å²) in [6, 6.07) is 23.9. The molecule has 0 aromatic heterocycles. The highest BCUT2D eigenvalue weighted by Gasteiger charge is 2.43. The number of ether oxygens (including phenoxy) is 4. The van der Waals surface area contributed by atoms with E-state index in [1.165, 1.54) is 0 Å². The van der Waals surface area contributed by atoms with Crippen molar-refractivity contribution in [3.05, 3.63) is 95.1 Å². The minimum Gasteiger partial charge on any atom is -0.481 e. The van der Waals surface area contributed by atoms with Gasteiger partial charge >= 0.3 is 5.97 Å². The highest BCUT2D eigenvalue weighted by molar-refractivity contribution is 5.80. The Hall–Kier alpha value is -3.64. The maximum Gasteiger partial charge on any atom is 0.303 e. The molecule has 10 nitrogen and oxygen atoms in total. The van der Waals surface area contributed by atoms with Crippen LogP contribution in [0.25, 0.3) is 11.1 Å². The van der Waals surface area contributed by atoms with E-state index in [0.717, 1.165) is 65.9 Å². The molecule has 0 bridgehead atoms. The Morgan fingerprint density at radius 2 is 1.57 bits per heavy atom. The SMILES string of the molecule is C[C@@H]1[C@H](CN2CCC3(CC2)OCCO3)O[C@H](c2ccc(-c3ccccc3CNC(=O)CCC(=O)O)cc2)O[C@@H]1c1ccc(CO)cc1. The van der Waals surface area contributed by atoms with E-state index in [-0.39, 0.29) is 43.5 Å². The van der Waals surface area contributed by atoms with Gasteiger partial charge < -0.3 is 39.4 Å². The van der Waals surface area contributed by atoms with Crippen LogP contribution >= 0.6 is 0 Å². The number of amides is 1. The van der Waals surface area contributed by atoms with Crippen molar-refractivity contribution >= 4 is 11.9 Å². The second kappa shape index (κ2) is 15.1. The molecule has 6 rings (SSSR count). The van der Waals surface area contributed by atoms with Crippen LogP contribution in [0.15, 0.2) is 72.8 Å². The van der Waals surface area contributed by atoms with Gasteiger partial charge in [-0.3, -0.25) is 9.59 Å². The molecule has 0 unspecified atom stereocenters. The van der Waals surface area contributed by atoms with Crippen LogP contribution in [0.4, 0.5) is 0 Å². The number of carbonyl (C=O) groups is 2. The molecule has 3 aromatic carbocycles. The van der Waals surface area contributed by atoms with Crippen molar-refractivity contribution in [1.82, 2.24) is 10.2 Å². The van der Waals surface area contributed by atoms with Gasteiger partial charge in [-0.25, -0.2) is 0 Å². The lowest BCUT2D eigenvalue weighted by Gasteiger charge is -2.44. The quantitative estimate of drug-likeness (QED) is 0.266. The lowest BCUT2D eigenvalue weighted by atomic mass is 9.89. The molecule has 0 radical (unpaired) electrons. The van der Waals surface area contributed by atoms with Crippen LogP contribution in [0, 0.1) is 5.92 Å². The van der Waals surface area contributed by atoms with Gasteiger partial charge in [-0.1, -0.05) is 79.7 Å². The number of nitrogens with one attached hydrogen (secondary N) is 1. The summed E-state index contributed by atoms with van der Waals surface area (Å²) < 4.78 is 25.3. The van der Waals surface area contributed by atoms with Gasteiger partial charge in [0.2, 0.25) is 5.91 Å². The monoisotopic (exact) mass is 644 g/mol. The Morgan fingerprint density at radius 1 is 0.894 bits per heavy atom. The van der Waals surface area contributed by atoms with Crippen molar-refractivity contribution < 1.29 is 38.7 Å². The molecule has 3 aliphatic rings. The van der Waals surface area contributed by atoms with Crippen LogP contribution in [0.5, 0.6) is 0 Å². The Bertz CT molecular complexity index is 1500. The summed E-state index contributed by atoms with van der Waals surface area (Å²) in [6.45, 7) is 6.32. The topological polar surface area (TPSA) is 127 Å². The van der Waals surface area contributed by atoms with E-state index in [0.29, 0.717) is 19.8 Å². The van der Waals surface area contributed by atoms with E-state index in [9.17, 15) is 14.7 Å². The summed E-state index contributed by atoms with van der Waals surface area (Å²) in [5.74, 6) is -1.63. The van der Waals surface area contributed by atoms with Gasteiger partial charge in [-0.2, -0.15) is 0 Å². The number of aliphatic carboxylic acids is 1. The van der Waals surface area contributed by atoms with E-state index in [1.807, 2.05) is 72.8 Å². The fourth-order valence-electron chi connectivity index (χ4n) is 6.72. The molecule has 250 valence electrons. The third kappa shape index (κ3) is 8.09. The fourth-order valence-corrected chi connectivity index (χ4v) is 6.72. The number of nitrogens with zero attached hydrogens (tertiary/aromatic N) is 1. The van der Waals surface area contributed by atoms with Crippen LogP contribution in [0.3, 0.4) is 0 Å². The van der Waals surface area contributed by atoms with Crippen LogP contribution in [0.1, 0.15) is 67.3 Å². The standard InChI is InChI=1S/C37H44N2O8/c1-25-32(23-39-18-16-37(17-19-39)44-20-21-45-37)46-36(47-35(25)28-8-6-26(24-40)7-9-28)29-12-10-27(11-13-29)31-5-3-2-4-30(31)22-38-33(41)14-15-34(42)43/h2-13,25,32,35-36,40H,14-24H2,1H3,(H,38,41)(H,42,43)/t25-,32+,35+,36+/m1/s1. The van der Waals surface area contributed by atoms with Gasteiger partial charge in [-0.05, 0) is 27.8 Å². The van der Waals surface area contributed by atoms with Gasteiger partial charge in [0, 0.05) is 56.9 Å². The number of carboxylic acid groups (broad SMARTS) is 1. The normalized spacial score (nSPS) is 24.3. The highest BCUT2D eigenvalue weighted by atomic mass is 16.7. The number of likely N-dealkylation sites (tertiary alicyclic amines) is 1. The largest absolute Gasteiger partial charge is 0.481 e. The fraction of sp³-hybridized carbons (Fsp3) is 0.459. The van der Waals surface area contributed by atoms with Crippen LogP contribution in [-0.4, -0.2) is 71.7 Å². The van der Waals surface area contributed by atoms with Crippen molar-refractivity contribution in [2.45, 2.75) is 70.0 Å². The molecule has 3 N–H and O–H groups in total. The molecule has 3 saturated heterocycles. The third-order valence-electron chi connectivity index (χ3n) is 9.55. The first-order valence-electron chi connectivity index (χ1n) is 16.5. The van der Waals surface area contributed by atoms with E-state index in [1.54, 1.807) is 0 Å². The molecule has 3 heterocycles. The summed E-state index contributed by atoms with van der Waals surface area (Å²) in [5, 5.41) is 21.3. The first-order valence-corrected chi connectivity index (χ1v) is 16.5. The number of aliphatic hydroxyl groups is 1. The number of piperidine rings is 1. The van der Waals surface area contributed by atoms with Crippen molar-refractivity contribution in [2.75, 3.05) is 32.8 Å². The molecular formula is C37H44N2O8. The Morgan fingerprint density at radius 3 is 2.26 bits per heavy atom. The minimum absolute atomic E-state index is 0.00777. The van der Waals surface area contributed by atoms with E-state index in [2.05, 4.69) is 17.1 Å². The number of hydrogen-bond acceptors (Lipinski definition) is 8. The Balaban J connectivity index is 1.18. The van der Waals surface area contributed by atoms with Gasteiger partial charge in [0.25, 0.3) is 0 Å². The zero-order valence-corrected chi connectivity index (χ0v) is 26.8. The molecular weight excluding hydrogens is 600 g/mol. The predicted molar refractivity (Wildman–Crippen MR) is 174 cm³/mol. The van der Waals surface area contributed by atoms with Crippen molar-refractivity contribution in [3.63, 3.8) is 0 Å². The summed E-state index contributed by atoms with van der Waals surface area (Å²) in [6.07, 6.45) is 0.576. The summed E-state index contributed by atoms with van der Waals surface area (Å²) >= 11 is 0. The second-order valence-corrected chi connectivity index (χ2v) is 12.7. The molecule has 10 heteroatoms. The van der Waals surface area contributed by atoms with Crippen molar-refractivity contribution in [1.29, 1.82) is 0 Å². The molecule has 4 atom stereocenters. The molecule has 0 aliphatic carbocycles. The highest BCUT2D eigenvalue weighted by Crippen LogP contribution is 2.43. The first kappa shape index (κ1) is 33.3. The Labute approximate surface area is 275 Å². The van der Waals surface area contributed by atoms with Gasteiger partial charge in [0.05, 0.1) is 38.4 Å². The average molecular weight is 645 g/mol. The number of benzene rings is 3. The van der Waals surface area contributed by atoms with Crippen molar-refractivity contribution in [2.24, 2.45) is 5.92 Å². The number of carbonyl (C=O) groups excluding carboxylic acids is 1. The zero-order valence-electron chi connectivity index (χ0n) is 26.8. The summed E-state index contributed by atoms with van der Waals surface area (Å²) in [7, 11) is 0. The van der Waals surface area contributed by atoms with Crippen molar-refractivity contribution in [3.8, 4) is 11.1 Å². The van der Waals surface area contributed by atoms with E-state index >= 15 is 0 Å². The molecule has 0 saturated carbocycles. The van der Waals surface area contributed by atoms with Gasteiger partial charge in [0.15, 0.2) is 12.1 Å². The van der Waals surface area contributed by atoms with E-state index < -0.39 is 18.0 Å². The molecule has 1 amide bonds. The number of hydrogen-bond donors (Lipinski definition) is 3. The maximum atomic E-state index is 12.2.